The lowest BCUT2D eigenvalue weighted by atomic mass is 10.2. The van der Waals surface area contributed by atoms with Crippen molar-refractivity contribution in [1.82, 2.24) is 4.72 Å². The second-order valence-electron chi connectivity index (χ2n) is 4.72. The maximum absolute atomic E-state index is 12.5. The van der Waals surface area contributed by atoms with Crippen molar-refractivity contribution in [3.8, 4) is 0 Å². The Morgan fingerprint density at radius 3 is 2.71 bits per heavy atom. The lowest BCUT2D eigenvalue weighted by Gasteiger charge is -2.15. The van der Waals surface area contributed by atoms with E-state index in [9.17, 15) is 13.5 Å². The Hall–Kier alpha value is -1.15. The molecule has 0 saturated carbocycles. The van der Waals surface area contributed by atoms with Crippen LogP contribution in [-0.2, 0) is 16.6 Å². The van der Waals surface area contributed by atoms with Gasteiger partial charge in [0, 0.05) is 4.47 Å². The van der Waals surface area contributed by atoms with E-state index in [1.807, 2.05) is 0 Å². The van der Waals surface area contributed by atoms with Gasteiger partial charge in [-0.15, -0.1) is 0 Å². The van der Waals surface area contributed by atoms with Crippen LogP contribution in [-0.4, -0.2) is 13.5 Å². The monoisotopic (exact) mass is 373 g/mol. The van der Waals surface area contributed by atoms with E-state index in [1.54, 1.807) is 32.0 Å². The standard InChI is InChI=1S/C14H16BrNO4S/c1-9-12(15)6-11(8-17)7-14(9)21(18,19)16-10(2)13-4-3-5-20-13/h3-7,10,16-17H,8H2,1-2H3. The SMILES string of the molecule is Cc1c(Br)cc(CO)cc1S(=O)(=O)NC(C)c1ccco1. The van der Waals surface area contributed by atoms with Crippen molar-refractivity contribution in [2.75, 3.05) is 0 Å². The summed E-state index contributed by atoms with van der Waals surface area (Å²) in [4.78, 5) is 0.138. The predicted octanol–water partition coefficient (Wildman–Crippen LogP) is 2.88. The Kier molecular flexibility index (Phi) is 4.88. The fourth-order valence-electron chi connectivity index (χ4n) is 1.97. The van der Waals surface area contributed by atoms with E-state index in [-0.39, 0.29) is 11.5 Å². The van der Waals surface area contributed by atoms with Gasteiger partial charge in [-0.25, -0.2) is 13.1 Å². The van der Waals surface area contributed by atoms with Gasteiger partial charge in [0.1, 0.15) is 5.76 Å². The number of halogens is 1. The van der Waals surface area contributed by atoms with E-state index in [2.05, 4.69) is 20.7 Å². The number of hydrogen-bond acceptors (Lipinski definition) is 4. The molecule has 0 aliphatic rings. The number of rotatable bonds is 5. The summed E-state index contributed by atoms with van der Waals surface area (Å²) in [6.07, 6.45) is 1.49. The summed E-state index contributed by atoms with van der Waals surface area (Å²) >= 11 is 3.31. The van der Waals surface area contributed by atoms with Gasteiger partial charge in [-0.2, -0.15) is 0 Å². The van der Waals surface area contributed by atoms with Crippen LogP contribution < -0.4 is 4.72 Å². The van der Waals surface area contributed by atoms with E-state index in [1.165, 1.54) is 12.3 Å². The largest absolute Gasteiger partial charge is 0.468 e. The Labute approximate surface area is 132 Å². The molecule has 2 rings (SSSR count). The molecule has 0 radical (unpaired) electrons. The van der Waals surface area contributed by atoms with Crippen molar-refractivity contribution in [2.24, 2.45) is 0 Å². The molecule has 0 aliphatic carbocycles. The van der Waals surface area contributed by atoms with Gasteiger partial charge in [-0.3, -0.25) is 0 Å². The summed E-state index contributed by atoms with van der Waals surface area (Å²) in [5, 5.41) is 9.22. The van der Waals surface area contributed by atoms with Crippen LogP contribution in [0.3, 0.4) is 0 Å². The first-order valence-corrected chi connectivity index (χ1v) is 8.58. The van der Waals surface area contributed by atoms with Crippen molar-refractivity contribution < 1.29 is 17.9 Å². The van der Waals surface area contributed by atoms with Gasteiger partial charge in [0.2, 0.25) is 10.0 Å². The highest BCUT2D eigenvalue weighted by molar-refractivity contribution is 9.10. The molecule has 1 atom stereocenters. The quantitative estimate of drug-likeness (QED) is 0.844. The highest BCUT2D eigenvalue weighted by Crippen LogP contribution is 2.27. The minimum Gasteiger partial charge on any atom is -0.468 e. The zero-order chi connectivity index (χ0) is 15.6. The van der Waals surface area contributed by atoms with Crippen molar-refractivity contribution in [1.29, 1.82) is 0 Å². The number of furan rings is 1. The molecule has 1 aromatic carbocycles. The molecule has 0 fully saturated rings. The molecule has 114 valence electrons. The van der Waals surface area contributed by atoms with E-state index < -0.39 is 16.1 Å². The summed E-state index contributed by atoms with van der Waals surface area (Å²) in [7, 11) is -3.72. The fraction of sp³-hybridized carbons (Fsp3) is 0.286. The molecule has 2 aromatic rings. The van der Waals surface area contributed by atoms with Crippen LogP contribution in [0.2, 0.25) is 0 Å². The summed E-state index contributed by atoms with van der Waals surface area (Å²) in [6.45, 7) is 3.18. The molecule has 1 heterocycles. The van der Waals surface area contributed by atoms with Crippen molar-refractivity contribution >= 4 is 26.0 Å². The number of aliphatic hydroxyl groups excluding tert-OH is 1. The molecule has 21 heavy (non-hydrogen) atoms. The second-order valence-corrected chi connectivity index (χ2v) is 7.25. The molecule has 2 N–H and O–H groups in total. The molecule has 1 unspecified atom stereocenters. The van der Waals surface area contributed by atoms with Crippen LogP contribution in [0.1, 0.15) is 29.9 Å². The lowest BCUT2D eigenvalue weighted by molar-refractivity contribution is 0.281. The topological polar surface area (TPSA) is 79.5 Å². The van der Waals surface area contributed by atoms with Gasteiger partial charge in [0.25, 0.3) is 0 Å². The predicted molar refractivity (Wildman–Crippen MR) is 82.2 cm³/mol. The second kappa shape index (κ2) is 6.31. The van der Waals surface area contributed by atoms with Crippen molar-refractivity contribution in [2.45, 2.75) is 31.4 Å². The minimum atomic E-state index is -3.72. The molecular weight excluding hydrogens is 358 g/mol. The van der Waals surface area contributed by atoms with Gasteiger partial charge in [-0.05, 0) is 49.2 Å². The molecule has 0 bridgehead atoms. The Balaban J connectivity index is 2.38. The zero-order valence-electron chi connectivity index (χ0n) is 11.6. The molecule has 7 heteroatoms. The van der Waals surface area contributed by atoms with Crippen LogP contribution in [0, 0.1) is 6.92 Å². The van der Waals surface area contributed by atoms with Crippen LogP contribution in [0.15, 0.2) is 44.3 Å². The molecule has 1 aromatic heterocycles. The fourth-order valence-corrected chi connectivity index (χ4v) is 4.14. The Bertz CT molecular complexity index is 726. The van der Waals surface area contributed by atoms with Crippen molar-refractivity contribution in [3.05, 3.63) is 51.9 Å². The number of sulfonamides is 1. The third-order valence-electron chi connectivity index (χ3n) is 3.13. The van der Waals surface area contributed by atoms with Crippen LogP contribution in [0.4, 0.5) is 0 Å². The average Bonchev–Trinajstić information content (AvgIpc) is 2.95. The molecule has 0 spiro atoms. The first-order chi connectivity index (χ1) is 9.85. The van der Waals surface area contributed by atoms with Crippen LogP contribution >= 0.6 is 15.9 Å². The van der Waals surface area contributed by atoms with E-state index in [0.717, 1.165) is 0 Å². The number of hydrogen-bond donors (Lipinski definition) is 2. The summed E-state index contributed by atoms with van der Waals surface area (Å²) in [5.41, 5.74) is 1.12. The van der Waals surface area contributed by atoms with Gasteiger partial charge in [-0.1, -0.05) is 15.9 Å². The first kappa shape index (κ1) is 16.2. The maximum Gasteiger partial charge on any atom is 0.241 e. The smallest absolute Gasteiger partial charge is 0.241 e. The first-order valence-electron chi connectivity index (χ1n) is 6.30. The van der Waals surface area contributed by atoms with Gasteiger partial charge in [0.15, 0.2) is 0 Å². The highest BCUT2D eigenvalue weighted by Gasteiger charge is 2.23. The average molecular weight is 374 g/mol. The van der Waals surface area contributed by atoms with Crippen molar-refractivity contribution in [3.63, 3.8) is 0 Å². The molecular formula is C14H16BrNO4S. The zero-order valence-corrected chi connectivity index (χ0v) is 14.0. The summed E-state index contributed by atoms with van der Waals surface area (Å²) in [5.74, 6) is 0.536. The molecule has 5 nitrogen and oxygen atoms in total. The minimum absolute atomic E-state index is 0.138. The molecule has 0 saturated heterocycles. The Morgan fingerprint density at radius 1 is 1.43 bits per heavy atom. The number of benzene rings is 1. The third kappa shape index (κ3) is 3.55. The normalized spacial score (nSPS) is 13.3. The highest BCUT2D eigenvalue weighted by atomic mass is 79.9. The van der Waals surface area contributed by atoms with E-state index in [4.69, 9.17) is 4.42 Å². The van der Waals surface area contributed by atoms with Gasteiger partial charge >= 0.3 is 0 Å². The molecule has 0 amide bonds. The number of aliphatic hydroxyl groups is 1. The van der Waals surface area contributed by atoms with Gasteiger partial charge in [0.05, 0.1) is 23.8 Å². The lowest BCUT2D eigenvalue weighted by Crippen LogP contribution is -2.27. The number of nitrogens with one attached hydrogen (secondary N) is 1. The van der Waals surface area contributed by atoms with Crippen LogP contribution in [0.25, 0.3) is 0 Å². The third-order valence-corrected chi connectivity index (χ3v) is 5.62. The molecule has 0 aliphatic heterocycles. The summed E-state index contributed by atoms with van der Waals surface area (Å²) in [6, 6.07) is 6.09. The van der Waals surface area contributed by atoms with Gasteiger partial charge < -0.3 is 9.52 Å². The maximum atomic E-state index is 12.5. The Morgan fingerprint density at radius 2 is 2.14 bits per heavy atom. The summed E-state index contributed by atoms with van der Waals surface area (Å²) < 4.78 is 33.5. The van der Waals surface area contributed by atoms with E-state index >= 15 is 0 Å². The van der Waals surface area contributed by atoms with Crippen LogP contribution in [0.5, 0.6) is 0 Å². The van der Waals surface area contributed by atoms with E-state index in [0.29, 0.717) is 21.4 Å².